The van der Waals surface area contributed by atoms with Gasteiger partial charge in [0.15, 0.2) is 5.82 Å². The fraction of sp³-hybridized carbons (Fsp3) is 0.111. The van der Waals surface area contributed by atoms with Gasteiger partial charge in [0.1, 0.15) is 0 Å². The quantitative estimate of drug-likeness (QED) is 0.698. The van der Waals surface area contributed by atoms with Crippen LogP contribution in [-0.2, 0) is 21.4 Å². The molecule has 2 N–H and O–H groups in total. The summed E-state index contributed by atoms with van der Waals surface area (Å²) in [7, 11) is -3.76. The van der Waals surface area contributed by atoms with Gasteiger partial charge in [-0.25, -0.2) is 8.42 Å². The van der Waals surface area contributed by atoms with Gasteiger partial charge in [0.2, 0.25) is 5.91 Å². The van der Waals surface area contributed by atoms with Gasteiger partial charge >= 0.3 is 0 Å². The van der Waals surface area contributed by atoms with E-state index in [1.807, 2.05) is 30.3 Å². The monoisotopic (exact) mass is 370 g/mol. The van der Waals surface area contributed by atoms with Crippen LogP contribution in [0.5, 0.6) is 0 Å². The molecule has 3 rings (SSSR count). The van der Waals surface area contributed by atoms with Crippen molar-refractivity contribution in [1.82, 2.24) is 9.78 Å². The zero-order valence-corrected chi connectivity index (χ0v) is 14.9. The number of benzene rings is 2. The third-order valence-corrected chi connectivity index (χ3v) is 4.92. The Morgan fingerprint density at radius 2 is 1.73 bits per heavy atom. The van der Waals surface area contributed by atoms with Gasteiger partial charge in [-0.3, -0.25) is 14.2 Å². The first-order valence-corrected chi connectivity index (χ1v) is 9.38. The second kappa shape index (κ2) is 7.40. The van der Waals surface area contributed by atoms with E-state index >= 15 is 0 Å². The predicted octanol–water partition coefficient (Wildman–Crippen LogP) is 2.69. The third kappa shape index (κ3) is 4.48. The first-order chi connectivity index (χ1) is 12.4. The zero-order valence-electron chi connectivity index (χ0n) is 14.1. The van der Waals surface area contributed by atoms with Crippen LogP contribution < -0.4 is 10.0 Å². The summed E-state index contributed by atoms with van der Waals surface area (Å²) in [4.78, 5) is 11.1. The minimum Gasteiger partial charge on any atom is -0.326 e. The van der Waals surface area contributed by atoms with E-state index in [2.05, 4.69) is 15.1 Å². The van der Waals surface area contributed by atoms with Crippen LogP contribution in [0, 0.1) is 0 Å². The summed E-state index contributed by atoms with van der Waals surface area (Å²) in [5.41, 5.74) is 1.60. The Balaban J connectivity index is 1.70. The molecule has 0 spiro atoms. The summed E-state index contributed by atoms with van der Waals surface area (Å²) in [6, 6.07) is 17.3. The fourth-order valence-electron chi connectivity index (χ4n) is 2.39. The summed E-state index contributed by atoms with van der Waals surface area (Å²) >= 11 is 0. The Kier molecular flexibility index (Phi) is 5.04. The molecule has 2 aromatic carbocycles. The van der Waals surface area contributed by atoms with Gasteiger partial charge in [0.25, 0.3) is 10.0 Å². The van der Waals surface area contributed by atoms with Crippen LogP contribution in [0.3, 0.4) is 0 Å². The average Bonchev–Trinajstić information content (AvgIpc) is 3.02. The zero-order chi connectivity index (χ0) is 18.6. The van der Waals surface area contributed by atoms with Crippen molar-refractivity contribution >= 4 is 27.4 Å². The van der Waals surface area contributed by atoms with Crippen molar-refractivity contribution in [2.24, 2.45) is 0 Å². The molecule has 0 saturated carbocycles. The van der Waals surface area contributed by atoms with E-state index in [9.17, 15) is 13.2 Å². The number of anilines is 2. The smallest absolute Gasteiger partial charge is 0.263 e. The highest BCUT2D eigenvalue weighted by Crippen LogP contribution is 2.17. The standard InChI is InChI=1S/C18H18N4O3S/c1-14(23)19-16-7-9-17(10-8-16)26(24,25)21-18-11-12-22(20-18)13-15-5-3-2-4-6-15/h2-12H,13H2,1H3,(H,19,23)(H,20,21). The van der Waals surface area contributed by atoms with Crippen molar-refractivity contribution in [3.8, 4) is 0 Å². The van der Waals surface area contributed by atoms with Gasteiger partial charge in [0, 0.05) is 24.9 Å². The number of carbonyl (C=O) groups is 1. The van der Waals surface area contributed by atoms with Crippen molar-refractivity contribution in [3.63, 3.8) is 0 Å². The van der Waals surface area contributed by atoms with Crippen molar-refractivity contribution in [2.75, 3.05) is 10.0 Å². The van der Waals surface area contributed by atoms with Crippen molar-refractivity contribution < 1.29 is 13.2 Å². The number of hydrogen-bond donors (Lipinski definition) is 2. The lowest BCUT2D eigenvalue weighted by molar-refractivity contribution is -0.114. The van der Waals surface area contributed by atoms with Crippen molar-refractivity contribution in [3.05, 3.63) is 72.4 Å². The van der Waals surface area contributed by atoms with Gasteiger partial charge in [-0.2, -0.15) is 5.10 Å². The normalized spacial score (nSPS) is 11.1. The fourth-order valence-corrected chi connectivity index (χ4v) is 3.39. The molecule has 0 radical (unpaired) electrons. The second-order valence-electron chi connectivity index (χ2n) is 5.70. The van der Waals surface area contributed by atoms with Crippen LogP contribution in [0.2, 0.25) is 0 Å². The Labute approximate surface area is 151 Å². The number of nitrogens with one attached hydrogen (secondary N) is 2. The molecule has 1 aromatic heterocycles. The highest BCUT2D eigenvalue weighted by molar-refractivity contribution is 7.92. The van der Waals surface area contributed by atoms with Gasteiger partial charge in [0.05, 0.1) is 11.4 Å². The summed E-state index contributed by atoms with van der Waals surface area (Å²) < 4.78 is 29.0. The molecule has 8 heteroatoms. The predicted molar refractivity (Wildman–Crippen MR) is 99.3 cm³/mol. The van der Waals surface area contributed by atoms with Gasteiger partial charge in [-0.1, -0.05) is 30.3 Å². The number of sulfonamides is 1. The topological polar surface area (TPSA) is 93.1 Å². The highest BCUT2D eigenvalue weighted by atomic mass is 32.2. The maximum Gasteiger partial charge on any atom is 0.263 e. The van der Waals surface area contributed by atoms with Crippen LogP contribution in [0.4, 0.5) is 11.5 Å². The number of rotatable bonds is 6. The summed E-state index contributed by atoms with van der Waals surface area (Å²) in [5.74, 6) is 0.0227. The van der Waals surface area contributed by atoms with E-state index in [4.69, 9.17) is 0 Å². The highest BCUT2D eigenvalue weighted by Gasteiger charge is 2.15. The number of nitrogens with zero attached hydrogens (tertiary/aromatic N) is 2. The second-order valence-corrected chi connectivity index (χ2v) is 7.38. The van der Waals surface area contributed by atoms with Crippen molar-refractivity contribution in [1.29, 1.82) is 0 Å². The Morgan fingerprint density at radius 1 is 1.04 bits per heavy atom. The van der Waals surface area contributed by atoms with Crippen LogP contribution >= 0.6 is 0 Å². The molecule has 0 bridgehead atoms. The van der Waals surface area contributed by atoms with Crippen LogP contribution in [0.25, 0.3) is 0 Å². The van der Waals surface area contributed by atoms with Crippen molar-refractivity contribution in [2.45, 2.75) is 18.4 Å². The van der Waals surface area contributed by atoms with E-state index in [1.54, 1.807) is 16.9 Å². The minimum atomic E-state index is -3.76. The molecule has 134 valence electrons. The molecular weight excluding hydrogens is 352 g/mol. The summed E-state index contributed by atoms with van der Waals surface area (Å²) in [6.07, 6.45) is 1.71. The molecule has 0 aliphatic carbocycles. The first kappa shape index (κ1) is 17.7. The van der Waals surface area contributed by atoms with Crippen LogP contribution in [0.15, 0.2) is 71.8 Å². The Morgan fingerprint density at radius 3 is 2.38 bits per heavy atom. The summed E-state index contributed by atoms with van der Waals surface area (Å²) in [5, 5.41) is 6.83. The molecule has 0 atom stereocenters. The Bertz CT molecular complexity index is 996. The SMILES string of the molecule is CC(=O)Nc1ccc(S(=O)(=O)Nc2ccn(Cc3ccccc3)n2)cc1. The maximum absolute atomic E-state index is 12.5. The number of aromatic nitrogens is 2. The van der Waals surface area contributed by atoms with Crippen LogP contribution in [0.1, 0.15) is 12.5 Å². The van der Waals surface area contributed by atoms with Gasteiger partial charge < -0.3 is 5.32 Å². The Hall–Kier alpha value is -3.13. The largest absolute Gasteiger partial charge is 0.326 e. The van der Waals surface area contributed by atoms with Gasteiger partial charge in [-0.05, 0) is 29.8 Å². The molecule has 7 nitrogen and oxygen atoms in total. The van der Waals surface area contributed by atoms with E-state index in [0.717, 1.165) is 5.56 Å². The molecule has 0 unspecified atom stereocenters. The molecule has 0 aliphatic rings. The van der Waals surface area contributed by atoms with E-state index in [-0.39, 0.29) is 16.6 Å². The lowest BCUT2D eigenvalue weighted by Crippen LogP contribution is -2.14. The van der Waals surface area contributed by atoms with Crippen LogP contribution in [-0.4, -0.2) is 24.1 Å². The lowest BCUT2D eigenvalue weighted by atomic mass is 10.2. The average molecular weight is 370 g/mol. The number of hydrogen-bond acceptors (Lipinski definition) is 4. The minimum absolute atomic E-state index is 0.0872. The molecular formula is C18H18N4O3S. The molecule has 3 aromatic rings. The molecule has 1 heterocycles. The molecule has 0 aliphatic heterocycles. The molecule has 26 heavy (non-hydrogen) atoms. The van der Waals surface area contributed by atoms with E-state index < -0.39 is 10.0 Å². The number of amides is 1. The molecule has 0 fully saturated rings. The third-order valence-electron chi connectivity index (χ3n) is 3.55. The van der Waals surface area contributed by atoms with E-state index in [0.29, 0.717) is 12.2 Å². The summed E-state index contributed by atoms with van der Waals surface area (Å²) in [6.45, 7) is 1.94. The molecule has 1 amide bonds. The lowest BCUT2D eigenvalue weighted by Gasteiger charge is -2.07. The first-order valence-electron chi connectivity index (χ1n) is 7.90. The van der Waals surface area contributed by atoms with E-state index in [1.165, 1.54) is 31.2 Å². The number of carbonyl (C=O) groups excluding carboxylic acids is 1. The molecule has 0 saturated heterocycles. The van der Waals surface area contributed by atoms with Gasteiger partial charge in [-0.15, -0.1) is 0 Å². The maximum atomic E-state index is 12.5.